The number of carbonyl (C=O) groups is 3. The molecule has 16 nitrogen and oxygen atoms in total. The molecular formula is C25H35N11O5S3. The Kier molecular flexibility index (Phi) is 10.4. The van der Waals surface area contributed by atoms with Crippen molar-refractivity contribution in [2.45, 2.75) is 29.5 Å². The van der Waals surface area contributed by atoms with Crippen LogP contribution in [0.4, 0.5) is 5.13 Å². The molecule has 0 radical (unpaired) electrons. The van der Waals surface area contributed by atoms with Gasteiger partial charge in [0.1, 0.15) is 29.6 Å². The van der Waals surface area contributed by atoms with Gasteiger partial charge in [-0.25, -0.2) is 9.67 Å². The minimum atomic E-state index is -1.21. The zero-order valence-electron chi connectivity index (χ0n) is 24.2. The number of rotatable bonds is 14. The van der Waals surface area contributed by atoms with E-state index in [9.17, 15) is 19.5 Å². The number of amides is 2. The standard InChI is InChI=1S/C25H35N11O5S3/c1-3-5-33-8-10-34(11-9-33)6-4-7-36-24(29-31-32-36)44-15-25(22(39)40)13-35-20(38)18(21(35)43-14-25)28-19(37)17(30-41-2)16-12-42-23(26)27-16/h3,12,18,21H,1,4-11,13-15H2,2H3,(H2,26,27)(H,28,37)(H,39,40)/t18?,21-,25?/m1/s1. The molecule has 3 saturated heterocycles. The predicted octanol–water partition coefficient (Wildman–Crippen LogP) is -0.481. The molecule has 4 N–H and O–H groups in total. The molecule has 0 bridgehead atoms. The smallest absolute Gasteiger partial charge is 0.313 e. The van der Waals surface area contributed by atoms with Gasteiger partial charge >= 0.3 is 5.97 Å². The molecule has 2 aromatic rings. The Balaban J connectivity index is 1.13. The van der Waals surface area contributed by atoms with E-state index in [1.165, 1.54) is 35.5 Å². The number of thiazole rings is 1. The van der Waals surface area contributed by atoms with Crippen molar-refractivity contribution in [2.24, 2.45) is 10.6 Å². The second-order valence-electron chi connectivity index (χ2n) is 10.7. The van der Waals surface area contributed by atoms with E-state index in [-0.39, 0.29) is 40.5 Å². The van der Waals surface area contributed by atoms with E-state index >= 15 is 0 Å². The van der Waals surface area contributed by atoms with E-state index in [2.05, 4.69) is 47.4 Å². The number of hydrogen-bond acceptors (Lipinski definition) is 15. The van der Waals surface area contributed by atoms with Crippen molar-refractivity contribution in [3.05, 3.63) is 23.7 Å². The van der Waals surface area contributed by atoms with Gasteiger partial charge < -0.3 is 30.8 Å². The van der Waals surface area contributed by atoms with E-state index in [0.717, 1.165) is 57.0 Å². The van der Waals surface area contributed by atoms with Crippen molar-refractivity contribution in [3.8, 4) is 0 Å². The molecule has 0 aliphatic carbocycles. The maximum atomic E-state index is 13.1. The number of carbonyl (C=O) groups excluding carboxylic acids is 2. The van der Waals surface area contributed by atoms with Crippen LogP contribution in [0.1, 0.15) is 12.1 Å². The lowest BCUT2D eigenvalue weighted by molar-refractivity contribution is -0.157. The summed E-state index contributed by atoms with van der Waals surface area (Å²) in [5.41, 5.74) is 4.61. The van der Waals surface area contributed by atoms with Crippen LogP contribution >= 0.6 is 34.9 Å². The summed E-state index contributed by atoms with van der Waals surface area (Å²) in [6.07, 6.45) is 2.80. The molecule has 2 unspecified atom stereocenters. The number of tetrazole rings is 1. The highest BCUT2D eigenvalue weighted by molar-refractivity contribution is 8.00. The van der Waals surface area contributed by atoms with Gasteiger partial charge in [0, 0.05) is 69.2 Å². The minimum Gasteiger partial charge on any atom is -0.481 e. The quantitative estimate of drug-likeness (QED) is 0.0769. The molecular weight excluding hydrogens is 631 g/mol. The number of fused-ring (bicyclic) bond motifs is 1. The van der Waals surface area contributed by atoms with Crippen LogP contribution in [0.15, 0.2) is 28.3 Å². The van der Waals surface area contributed by atoms with E-state index in [1.807, 2.05) is 6.08 Å². The number of nitrogen functional groups attached to an aromatic ring is 1. The molecule has 0 saturated carbocycles. The number of aliphatic carboxylic acids is 1. The highest BCUT2D eigenvalue weighted by Crippen LogP contribution is 2.44. The molecule has 19 heteroatoms. The first-order chi connectivity index (χ1) is 21.2. The van der Waals surface area contributed by atoms with Crippen molar-refractivity contribution >= 4 is 63.5 Å². The largest absolute Gasteiger partial charge is 0.481 e. The molecule has 44 heavy (non-hydrogen) atoms. The number of piperazine rings is 1. The highest BCUT2D eigenvalue weighted by Gasteiger charge is 2.57. The summed E-state index contributed by atoms with van der Waals surface area (Å²) >= 11 is 3.74. The van der Waals surface area contributed by atoms with Crippen LogP contribution in [0.25, 0.3) is 0 Å². The van der Waals surface area contributed by atoms with Gasteiger partial charge in [-0.15, -0.1) is 34.8 Å². The molecule has 0 aromatic carbocycles. The molecule has 3 fully saturated rings. The Morgan fingerprint density at radius 2 is 2.09 bits per heavy atom. The summed E-state index contributed by atoms with van der Waals surface area (Å²) < 4.78 is 1.71. The van der Waals surface area contributed by atoms with Crippen LogP contribution in [0, 0.1) is 5.41 Å². The molecule has 238 valence electrons. The predicted molar refractivity (Wildman–Crippen MR) is 166 cm³/mol. The number of β-lactam (4-membered cyclic amide) rings is 1. The lowest BCUT2D eigenvalue weighted by atomic mass is 9.89. The van der Waals surface area contributed by atoms with Crippen LogP contribution in [0.5, 0.6) is 0 Å². The SMILES string of the molecule is C=CCN1CCN(CCCn2nnnc2SCC2(C(=O)O)CS[C@@H]3C(NC(=O)C(=NOC)c4csc(N)n4)C(=O)N3C2)CC1. The third kappa shape index (κ3) is 7.01. The first-order valence-corrected chi connectivity index (χ1v) is 16.9. The zero-order valence-corrected chi connectivity index (χ0v) is 26.7. The lowest BCUT2D eigenvalue weighted by Gasteiger charge is -2.53. The van der Waals surface area contributed by atoms with Gasteiger partial charge in [0.25, 0.3) is 5.91 Å². The number of nitrogens with two attached hydrogens (primary N) is 1. The van der Waals surface area contributed by atoms with Crippen molar-refractivity contribution in [1.29, 1.82) is 0 Å². The van der Waals surface area contributed by atoms with E-state index in [1.54, 1.807) is 10.1 Å². The molecule has 2 aromatic heterocycles. The summed E-state index contributed by atoms with van der Waals surface area (Å²) in [6, 6.07) is -0.831. The number of anilines is 1. The number of hydrogen-bond donors (Lipinski definition) is 3. The average Bonchev–Trinajstić information content (AvgIpc) is 3.66. The maximum absolute atomic E-state index is 13.1. The highest BCUT2D eigenvalue weighted by atomic mass is 32.2. The number of oxime groups is 1. The Morgan fingerprint density at radius 1 is 1.32 bits per heavy atom. The van der Waals surface area contributed by atoms with Crippen LogP contribution in [0.2, 0.25) is 0 Å². The van der Waals surface area contributed by atoms with Gasteiger partial charge in [-0.1, -0.05) is 23.0 Å². The topological polar surface area (TPSA) is 197 Å². The Bertz CT molecular complexity index is 1400. The number of aromatic nitrogens is 5. The number of thioether (sulfide) groups is 2. The van der Waals surface area contributed by atoms with Gasteiger partial charge in [-0.05, 0) is 16.8 Å². The fraction of sp³-hybridized carbons (Fsp3) is 0.600. The third-order valence-corrected chi connectivity index (χ3v) is 11.2. The Labute approximate surface area is 266 Å². The number of carboxylic acid groups (broad SMARTS) is 1. The van der Waals surface area contributed by atoms with Crippen LogP contribution < -0.4 is 11.1 Å². The first-order valence-electron chi connectivity index (χ1n) is 14.0. The fourth-order valence-corrected chi connectivity index (χ4v) is 8.58. The molecule has 5 heterocycles. The van der Waals surface area contributed by atoms with Crippen molar-refractivity contribution < 1.29 is 24.3 Å². The van der Waals surface area contributed by atoms with E-state index in [0.29, 0.717) is 11.7 Å². The summed E-state index contributed by atoms with van der Waals surface area (Å²) in [5.74, 6) is -1.57. The summed E-state index contributed by atoms with van der Waals surface area (Å²) in [6.45, 7) is 10.3. The van der Waals surface area contributed by atoms with Gasteiger partial charge in [0.05, 0.1) is 0 Å². The number of nitrogens with one attached hydrogen (secondary N) is 1. The molecule has 3 atom stereocenters. The van der Waals surface area contributed by atoms with E-state index < -0.39 is 28.7 Å². The van der Waals surface area contributed by atoms with Crippen molar-refractivity contribution in [1.82, 2.24) is 45.2 Å². The van der Waals surface area contributed by atoms with Gasteiger partial charge in [0.15, 0.2) is 10.8 Å². The summed E-state index contributed by atoms with van der Waals surface area (Å²) in [7, 11) is 1.30. The minimum absolute atomic E-state index is 0.0131. The Hall–Kier alpha value is -3.26. The number of carboxylic acids is 1. The van der Waals surface area contributed by atoms with Crippen molar-refractivity contribution in [2.75, 3.05) is 70.2 Å². The second kappa shape index (κ2) is 14.2. The zero-order chi connectivity index (χ0) is 31.3. The number of aryl methyl sites for hydroxylation is 1. The normalized spacial score (nSPS) is 24.4. The van der Waals surface area contributed by atoms with Gasteiger partial charge in [-0.3, -0.25) is 19.3 Å². The first kappa shape index (κ1) is 32.1. The molecule has 3 aliphatic heterocycles. The second-order valence-corrected chi connectivity index (χ2v) is 13.6. The van der Waals surface area contributed by atoms with Gasteiger partial charge in [-0.2, -0.15) is 0 Å². The summed E-state index contributed by atoms with van der Waals surface area (Å²) in [5, 5.41) is 30.7. The average molecular weight is 666 g/mol. The van der Waals surface area contributed by atoms with Crippen molar-refractivity contribution in [3.63, 3.8) is 0 Å². The van der Waals surface area contributed by atoms with Crippen LogP contribution in [-0.4, -0.2) is 144 Å². The molecule has 0 spiro atoms. The molecule has 3 aliphatic rings. The van der Waals surface area contributed by atoms with Gasteiger partial charge in [0.2, 0.25) is 11.1 Å². The molecule has 2 amide bonds. The molecule has 5 rings (SSSR count). The third-order valence-electron chi connectivity index (χ3n) is 7.72. The van der Waals surface area contributed by atoms with Crippen LogP contribution in [-0.2, 0) is 25.8 Å². The fourth-order valence-electron chi connectivity index (χ4n) is 5.27. The van der Waals surface area contributed by atoms with Crippen LogP contribution in [0.3, 0.4) is 0 Å². The lowest BCUT2D eigenvalue weighted by Crippen LogP contribution is -2.74. The monoisotopic (exact) mass is 665 g/mol. The maximum Gasteiger partial charge on any atom is 0.313 e. The number of nitrogens with zero attached hydrogens (tertiary/aromatic N) is 9. The summed E-state index contributed by atoms with van der Waals surface area (Å²) in [4.78, 5) is 53.8. The Morgan fingerprint density at radius 3 is 2.77 bits per heavy atom. The van der Waals surface area contributed by atoms with E-state index in [4.69, 9.17) is 10.6 Å².